The molecule has 6 heteroatoms. The normalized spacial score (nSPS) is 10.2. The Bertz CT molecular complexity index is 539. The summed E-state index contributed by atoms with van der Waals surface area (Å²) in [6, 6.07) is 0. The van der Waals surface area contributed by atoms with Gasteiger partial charge in [0.1, 0.15) is 5.01 Å². The van der Waals surface area contributed by atoms with Crippen molar-refractivity contribution >= 4 is 17.1 Å². The molecule has 17 heavy (non-hydrogen) atoms. The Morgan fingerprint density at radius 3 is 2.82 bits per heavy atom. The summed E-state index contributed by atoms with van der Waals surface area (Å²) in [6.45, 7) is 1.90. The van der Waals surface area contributed by atoms with E-state index in [9.17, 15) is 4.79 Å². The number of aromatic nitrogens is 3. The maximum Gasteiger partial charge on any atom is 0.243 e. The van der Waals surface area contributed by atoms with Crippen LogP contribution in [0.4, 0.5) is 0 Å². The number of rotatable bonds is 4. The van der Waals surface area contributed by atoms with E-state index in [1.54, 1.807) is 0 Å². The zero-order chi connectivity index (χ0) is 12.3. The minimum atomic E-state index is -0.135. The summed E-state index contributed by atoms with van der Waals surface area (Å²) >= 11 is 1.47. The van der Waals surface area contributed by atoms with E-state index in [1.807, 2.05) is 12.3 Å². The molecule has 88 valence electrons. The van der Waals surface area contributed by atoms with Crippen molar-refractivity contribution in [2.75, 3.05) is 7.11 Å². The molecule has 0 amide bonds. The van der Waals surface area contributed by atoms with Crippen LogP contribution in [0.15, 0.2) is 17.8 Å². The number of aryl methyl sites for hydroxylation is 1. The van der Waals surface area contributed by atoms with Crippen LogP contribution < -0.4 is 4.74 Å². The van der Waals surface area contributed by atoms with Crippen LogP contribution in [-0.2, 0) is 6.42 Å². The second kappa shape index (κ2) is 5.01. The molecule has 2 aromatic rings. The highest BCUT2D eigenvalue weighted by Gasteiger charge is 2.16. The predicted molar refractivity (Wildman–Crippen MR) is 63.5 cm³/mol. The van der Waals surface area contributed by atoms with Gasteiger partial charge in [-0.1, -0.05) is 0 Å². The van der Waals surface area contributed by atoms with Crippen molar-refractivity contribution in [2.45, 2.75) is 13.3 Å². The van der Waals surface area contributed by atoms with Gasteiger partial charge in [0.05, 0.1) is 13.5 Å². The van der Waals surface area contributed by atoms with Crippen LogP contribution in [0.1, 0.15) is 21.2 Å². The van der Waals surface area contributed by atoms with Crippen molar-refractivity contribution in [1.82, 2.24) is 15.0 Å². The number of hydrogen-bond acceptors (Lipinski definition) is 6. The quantitative estimate of drug-likeness (QED) is 0.771. The van der Waals surface area contributed by atoms with Gasteiger partial charge in [-0.05, 0) is 6.92 Å². The zero-order valence-electron chi connectivity index (χ0n) is 9.51. The van der Waals surface area contributed by atoms with Crippen molar-refractivity contribution in [3.63, 3.8) is 0 Å². The number of Topliss-reactive ketones (excluding diaryl/α,β-unsaturated/α-hetero) is 1. The lowest BCUT2D eigenvalue weighted by molar-refractivity contribution is 0.0984. The monoisotopic (exact) mass is 249 g/mol. The van der Waals surface area contributed by atoms with Gasteiger partial charge in [-0.2, -0.15) is 0 Å². The van der Waals surface area contributed by atoms with Gasteiger partial charge in [-0.3, -0.25) is 4.79 Å². The first-order chi connectivity index (χ1) is 8.20. The molecule has 0 N–H and O–H groups in total. The molecule has 5 nitrogen and oxygen atoms in total. The molecule has 0 aromatic carbocycles. The molecule has 0 spiro atoms. The number of ketones is 1. The summed E-state index contributed by atoms with van der Waals surface area (Å²) < 4.78 is 5.00. The molecule has 0 aliphatic carbocycles. The Morgan fingerprint density at radius 1 is 1.41 bits per heavy atom. The number of nitrogens with zero attached hydrogens (tertiary/aromatic N) is 3. The van der Waals surface area contributed by atoms with Gasteiger partial charge in [0.2, 0.25) is 5.88 Å². The van der Waals surface area contributed by atoms with Crippen molar-refractivity contribution in [3.8, 4) is 5.88 Å². The van der Waals surface area contributed by atoms with Gasteiger partial charge in [-0.25, -0.2) is 15.0 Å². The van der Waals surface area contributed by atoms with Crippen LogP contribution in [0.3, 0.4) is 0 Å². The number of carbonyl (C=O) groups excluding carboxylic acids is 1. The summed E-state index contributed by atoms with van der Waals surface area (Å²) in [5.41, 5.74) is 1.17. The van der Waals surface area contributed by atoms with Crippen molar-refractivity contribution in [2.24, 2.45) is 0 Å². The van der Waals surface area contributed by atoms with Crippen LogP contribution in [0, 0.1) is 6.92 Å². The van der Waals surface area contributed by atoms with Gasteiger partial charge in [0, 0.05) is 23.5 Å². The minimum absolute atomic E-state index is 0.135. The third-order valence-electron chi connectivity index (χ3n) is 2.10. The lowest BCUT2D eigenvalue weighted by Gasteiger charge is -2.03. The zero-order valence-corrected chi connectivity index (χ0v) is 10.3. The summed E-state index contributed by atoms with van der Waals surface area (Å²) in [6.07, 6.45) is 3.19. The lowest BCUT2D eigenvalue weighted by Crippen LogP contribution is -2.09. The minimum Gasteiger partial charge on any atom is -0.479 e. The molecular weight excluding hydrogens is 238 g/mol. The average Bonchev–Trinajstić information content (AvgIpc) is 2.74. The number of thiazole rings is 1. The first-order valence-corrected chi connectivity index (χ1v) is 5.88. The fourth-order valence-corrected chi connectivity index (χ4v) is 2.14. The summed E-state index contributed by atoms with van der Waals surface area (Å²) in [5, 5.41) is 2.69. The Labute approximate surface area is 103 Å². The average molecular weight is 249 g/mol. The predicted octanol–water partition coefficient (Wildman–Crippen LogP) is 1.68. The van der Waals surface area contributed by atoms with E-state index in [4.69, 9.17) is 4.74 Å². The smallest absolute Gasteiger partial charge is 0.243 e. The van der Waals surface area contributed by atoms with Crippen LogP contribution in [0.25, 0.3) is 0 Å². The highest BCUT2D eigenvalue weighted by molar-refractivity contribution is 7.09. The second-order valence-corrected chi connectivity index (χ2v) is 4.34. The number of methoxy groups -OCH3 is 1. The molecule has 2 heterocycles. The molecule has 0 saturated carbocycles. The van der Waals surface area contributed by atoms with Crippen molar-refractivity contribution in [1.29, 1.82) is 0 Å². The number of carbonyl (C=O) groups is 1. The van der Waals surface area contributed by atoms with Gasteiger partial charge < -0.3 is 4.74 Å². The largest absolute Gasteiger partial charge is 0.479 e. The van der Waals surface area contributed by atoms with E-state index in [0.29, 0.717) is 0 Å². The Balaban J connectivity index is 2.20. The topological polar surface area (TPSA) is 65.0 Å². The van der Waals surface area contributed by atoms with Crippen LogP contribution >= 0.6 is 11.3 Å². The molecule has 0 saturated heterocycles. The van der Waals surface area contributed by atoms with Crippen molar-refractivity contribution < 1.29 is 9.53 Å². The Kier molecular flexibility index (Phi) is 3.43. The van der Waals surface area contributed by atoms with Crippen LogP contribution in [0.2, 0.25) is 0 Å². The van der Waals surface area contributed by atoms with E-state index in [-0.39, 0.29) is 23.8 Å². The second-order valence-electron chi connectivity index (χ2n) is 3.40. The van der Waals surface area contributed by atoms with Crippen molar-refractivity contribution in [3.05, 3.63) is 34.2 Å². The van der Waals surface area contributed by atoms with Crippen LogP contribution in [0.5, 0.6) is 5.88 Å². The standard InChI is InChI=1S/C11H11N3O2S/c1-7-6-17-9(14-7)5-8(15)10-11(16-2)13-4-3-12-10/h3-4,6H,5H2,1-2H3. The molecule has 0 aliphatic heterocycles. The van der Waals surface area contributed by atoms with E-state index in [2.05, 4.69) is 15.0 Å². The maximum atomic E-state index is 12.0. The Hall–Kier alpha value is -1.82. The fourth-order valence-electron chi connectivity index (χ4n) is 1.37. The SMILES string of the molecule is COc1nccnc1C(=O)Cc1nc(C)cs1. The van der Waals surface area contributed by atoms with E-state index >= 15 is 0 Å². The van der Waals surface area contributed by atoms with E-state index in [0.717, 1.165) is 10.7 Å². The molecule has 2 aromatic heterocycles. The van der Waals surface area contributed by atoms with E-state index < -0.39 is 0 Å². The molecule has 0 fully saturated rings. The third kappa shape index (κ3) is 2.65. The summed E-state index contributed by atoms with van der Waals surface area (Å²) in [7, 11) is 1.47. The number of hydrogen-bond donors (Lipinski definition) is 0. The lowest BCUT2D eigenvalue weighted by atomic mass is 10.2. The molecule has 0 aliphatic rings. The van der Waals surface area contributed by atoms with Gasteiger partial charge in [0.15, 0.2) is 11.5 Å². The molecule has 0 unspecified atom stereocenters. The first kappa shape index (κ1) is 11.7. The first-order valence-electron chi connectivity index (χ1n) is 5.00. The highest BCUT2D eigenvalue weighted by atomic mass is 32.1. The van der Waals surface area contributed by atoms with Gasteiger partial charge >= 0.3 is 0 Å². The molecular formula is C11H11N3O2S. The molecule has 0 atom stereocenters. The third-order valence-corrected chi connectivity index (χ3v) is 3.07. The van der Waals surface area contributed by atoms with Gasteiger partial charge in [0.25, 0.3) is 0 Å². The van der Waals surface area contributed by atoms with Gasteiger partial charge in [-0.15, -0.1) is 11.3 Å². The molecule has 0 radical (unpaired) electrons. The maximum absolute atomic E-state index is 12.0. The fraction of sp³-hybridized carbons (Fsp3) is 0.273. The Morgan fingerprint density at radius 2 is 2.18 bits per heavy atom. The molecule has 2 rings (SSSR count). The highest BCUT2D eigenvalue weighted by Crippen LogP contribution is 2.16. The van der Waals surface area contributed by atoms with E-state index in [1.165, 1.54) is 30.8 Å². The summed E-state index contributed by atoms with van der Waals surface area (Å²) in [5.74, 6) is 0.120. The number of ether oxygens (including phenoxy) is 1. The molecule has 0 bridgehead atoms. The van der Waals surface area contributed by atoms with Crippen LogP contribution in [-0.4, -0.2) is 27.8 Å². The summed E-state index contributed by atoms with van der Waals surface area (Å²) in [4.78, 5) is 24.2.